The molecule has 0 bridgehead atoms. The van der Waals surface area contributed by atoms with Crippen LogP contribution in [0, 0.1) is 0 Å². The van der Waals surface area contributed by atoms with Gasteiger partial charge >= 0.3 is 0 Å². The first-order valence-corrected chi connectivity index (χ1v) is 4.63. The fourth-order valence-corrected chi connectivity index (χ4v) is 1.02. The maximum atomic E-state index is 4.95. The summed E-state index contributed by atoms with van der Waals surface area (Å²) < 4.78 is 6.83. The Kier molecular flexibility index (Phi) is 4.32. The molecule has 4 heteroatoms. The molecule has 1 aromatic rings. The van der Waals surface area contributed by atoms with Crippen LogP contribution in [-0.2, 0) is 11.3 Å². The lowest BCUT2D eigenvalue weighted by Gasteiger charge is -2.00. The molecule has 0 aromatic carbocycles. The van der Waals surface area contributed by atoms with E-state index in [-0.39, 0.29) is 0 Å². The molecule has 13 heavy (non-hydrogen) atoms. The molecule has 1 rings (SSSR count). The number of anilines is 1. The van der Waals surface area contributed by atoms with Gasteiger partial charge in [-0.1, -0.05) is 6.92 Å². The minimum atomic E-state index is 0.703. The summed E-state index contributed by atoms with van der Waals surface area (Å²) in [6, 6.07) is 1.98. The summed E-state index contributed by atoms with van der Waals surface area (Å²) in [5.41, 5.74) is 0. The maximum absolute atomic E-state index is 4.95. The van der Waals surface area contributed by atoms with Crippen molar-refractivity contribution in [3.63, 3.8) is 0 Å². The summed E-state index contributed by atoms with van der Waals surface area (Å²) in [5, 5.41) is 7.53. The van der Waals surface area contributed by atoms with Gasteiger partial charge in [-0.15, -0.1) is 0 Å². The number of nitrogens with zero attached hydrogens (tertiary/aromatic N) is 2. The molecular weight excluding hydrogens is 166 g/mol. The van der Waals surface area contributed by atoms with E-state index in [1.165, 1.54) is 0 Å². The Balaban J connectivity index is 2.34. The highest BCUT2D eigenvalue weighted by Crippen LogP contribution is 2.01. The topological polar surface area (TPSA) is 39.1 Å². The summed E-state index contributed by atoms with van der Waals surface area (Å²) >= 11 is 0. The Morgan fingerprint density at radius 1 is 1.62 bits per heavy atom. The fourth-order valence-electron chi connectivity index (χ4n) is 1.02. The molecular formula is C9H17N3O. The van der Waals surface area contributed by atoms with Gasteiger partial charge in [-0.2, -0.15) is 5.10 Å². The van der Waals surface area contributed by atoms with E-state index in [0.29, 0.717) is 6.61 Å². The zero-order chi connectivity index (χ0) is 9.52. The number of hydrogen-bond donors (Lipinski definition) is 1. The van der Waals surface area contributed by atoms with E-state index >= 15 is 0 Å². The smallest absolute Gasteiger partial charge is 0.147 e. The molecule has 0 spiro atoms. The van der Waals surface area contributed by atoms with E-state index in [0.717, 1.165) is 25.3 Å². The second-order valence-corrected chi connectivity index (χ2v) is 2.88. The first kappa shape index (κ1) is 10.1. The second-order valence-electron chi connectivity index (χ2n) is 2.88. The SMILES string of the molecule is CCCNc1ccn(CCOC)n1. The average Bonchev–Trinajstić information content (AvgIpc) is 2.59. The van der Waals surface area contributed by atoms with Crippen LogP contribution < -0.4 is 5.32 Å². The highest BCUT2D eigenvalue weighted by molar-refractivity contribution is 5.31. The third-order valence-corrected chi connectivity index (χ3v) is 1.72. The van der Waals surface area contributed by atoms with Crippen LogP contribution in [0.3, 0.4) is 0 Å². The fraction of sp³-hybridized carbons (Fsp3) is 0.667. The lowest BCUT2D eigenvalue weighted by atomic mass is 10.5. The van der Waals surface area contributed by atoms with Crippen molar-refractivity contribution < 1.29 is 4.74 Å². The molecule has 4 nitrogen and oxygen atoms in total. The Labute approximate surface area is 78.9 Å². The van der Waals surface area contributed by atoms with Crippen LogP contribution in [0.15, 0.2) is 12.3 Å². The molecule has 74 valence electrons. The average molecular weight is 183 g/mol. The van der Waals surface area contributed by atoms with Crippen molar-refractivity contribution in [1.29, 1.82) is 0 Å². The predicted molar refractivity (Wildman–Crippen MR) is 52.9 cm³/mol. The third-order valence-electron chi connectivity index (χ3n) is 1.72. The van der Waals surface area contributed by atoms with Crippen molar-refractivity contribution in [2.75, 3.05) is 25.6 Å². The van der Waals surface area contributed by atoms with Crippen LogP contribution in [0.5, 0.6) is 0 Å². The van der Waals surface area contributed by atoms with Gasteiger partial charge in [0, 0.05) is 25.9 Å². The molecule has 1 N–H and O–H groups in total. The van der Waals surface area contributed by atoms with Crippen LogP contribution in [0.4, 0.5) is 5.82 Å². The Morgan fingerprint density at radius 3 is 3.15 bits per heavy atom. The van der Waals surface area contributed by atoms with Crippen molar-refractivity contribution in [3.8, 4) is 0 Å². The first-order chi connectivity index (χ1) is 6.36. The number of aromatic nitrogens is 2. The van der Waals surface area contributed by atoms with E-state index in [1.54, 1.807) is 7.11 Å². The van der Waals surface area contributed by atoms with Crippen molar-refractivity contribution in [1.82, 2.24) is 9.78 Å². The van der Waals surface area contributed by atoms with Crippen molar-refractivity contribution >= 4 is 5.82 Å². The molecule has 0 aliphatic rings. The zero-order valence-electron chi connectivity index (χ0n) is 8.29. The summed E-state index contributed by atoms with van der Waals surface area (Å²) in [7, 11) is 1.69. The largest absolute Gasteiger partial charge is 0.383 e. The Bertz CT molecular complexity index is 212. The van der Waals surface area contributed by atoms with Crippen LogP contribution in [0.25, 0.3) is 0 Å². The van der Waals surface area contributed by atoms with E-state index < -0.39 is 0 Å². The van der Waals surface area contributed by atoms with Gasteiger partial charge < -0.3 is 10.1 Å². The van der Waals surface area contributed by atoms with E-state index in [4.69, 9.17) is 4.74 Å². The van der Waals surface area contributed by atoms with Gasteiger partial charge in [0.2, 0.25) is 0 Å². The minimum absolute atomic E-state index is 0.703. The number of ether oxygens (including phenoxy) is 1. The summed E-state index contributed by atoms with van der Waals surface area (Å²) in [6.07, 6.45) is 3.07. The van der Waals surface area contributed by atoms with Gasteiger partial charge in [0.05, 0.1) is 13.2 Å². The molecule has 0 aliphatic heterocycles. The summed E-state index contributed by atoms with van der Waals surface area (Å²) in [6.45, 7) is 4.62. The predicted octanol–water partition coefficient (Wildman–Crippen LogP) is 1.35. The van der Waals surface area contributed by atoms with Crippen molar-refractivity contribution in [2.45, 2.75) is 19.9 Å². The summed E-state index contributed by atoms with van der Waals surface area (Å²) in [5.74, 6) is 0.943. The number of nitrogens with one attached hydrogen (secondary N) is 1. The highest BCUT2D eigenvalue weighted by atomic mass is 16.5. The van der Waals surface area contributed by atoms with E-state index in [1.807, 2.05) is 16.9 Å². The van der Waals surface area contributed by atoms with Crippen LogP contribution in [0.1, 0.15) is 13.3 Å². The van der Waals surface area contributed by atoms with Gasteiger partial charge in [0.25, 0.3) is 0 Å². The molecule has 0 fully saturated rings. The monoisotopic (exact) mass is 183 g/mol. The van der Waals surface area contributed by atoms with Gasteiger partial charge in [0.15, 0.2) is 0 Å². The molecule has 0 radical (unpaired) electrons. The van der Waals surface area contributed by atoms with Crippen LogP contribution in [0.2, 0.25) is 0 Å². The molecule has 1 heterocycles. The number of hydrogen-bond acceptors (Lipinski definition) is 3. The van der Waals surface area contributed by atoms with Gasteiger partial charge in [-0.25, -0.2) is 0 Å². The highest BCUT2D eigenvalue weighted by Gasteiger charge is 1.96. The Hall–Kier alpha value is -1.03. The Morgan fingerprint density at radius 2 is 2.46 bits per heavy atom. The van der Waals surface area contributed by atoms with Crippen molar-refractivity contribution in [2.24, 2.45) is 0 Å². The molecule has 1 aromatic heterocycles. The maximum Gasteiger partial charge on any atom is 0.147 e. The quantitative estimate of drug-likeness (QED) is 0.723. The molecule has 0 saturated heterocycles. The first-order valence-electron chi connectivity index (χ1n) is 4.63. The molecule has 0 saturated carbocycles. The zero-order valence-corrected chi connectivity index (χ0v) is 8.29. The number of rotatable bonds is 6. The molecule has 0 unspecified atom stereocenters. The third kappa shape index (κ3) is 3.46. The van der Waals surface area contributed by atoms with Crippen molar-refractivity contribution in [3.05, 3.63) is 12.3 Å². The molecule has 0 amide bonds. The molecule has 0 atom stereocenters. The van der Waals surface area contributed by atoms with E-state index in [2.05, 4.69) is 17.3 Å². The lowest BCUT2D eigenvalue weighted by Crippen LogP contribution is -2.06. The second kappa shape index (κ2) is 5.59. The van der Waals surface area contributed by atoms with E-state index in [9.17, 15) is 0 Å². The minimum Gasteiger partial charge on any atom is -0.383 e. The van der Waals surface area contributed by atoms with Crippen LogP contribution in [-0.4, -0.2) is 30.0 Å². The van der Waals surface area contributed by atoms with Gasteiger partial charge in [0.1, 0.15) is 5.82 Å². The van der Waals surface area contributed by atoms with Crippen LogP contribution >= 0.6 is 0 Å². The van der Waals surface area contributed by atoms with Gasteiger partial charge in [-0.3, -0.25) is 4.68 Å². The standard InChI is InChI=1S/C9H17N3O/c1-3-5-10-9-4-6-12(11-9)7-8-13-2/h4,6H,3,5,7-8H2,1-2H3,(H,10,11). The summed E-state index contributed by atoms with van der Waals surface area (Å²) in [4.78, 5) is 0. The molecule has 0 aliphatic carbocycles. The normalized spacial score (nSPS) is 10.3. The van der Waals surface area contributed by atoms with Gasteiger partial charge in [-0.05, 0) is 6.42 Å². The lowest BCUT2D eigenvalue weighted by molar-refractivity contribution is 0.183. The number of methoxy groups -OCH3 is 1.